The molecule has 10 heteroatoms. The van der Waals surface area contributed by atoms with Crippen LogP contribution in [-0.2, 0) is 11.0 Å². The van der Waals surface area contributed by atoms with Gasteiger partial charge >= 0.3 is 12.1 Å². The molecule has 5 rings (SSSR count). The molecule has 2 aromatic heterocycles. The maximum Gasteiger partial charge on any atom is 0.416 e. The van der Waals surface area contributed by atoms with Gasteiger partial charge in [-0.05, 0) is 81.4 Å². The van der Waals surface area contributed by atoms with Gasteiger partial charge in [0.2, 0.25) is 0 Å². The Labute approximate surface area is 207 Å². The van der Waals surface area contributed by atoms with Crippen molar-refractivity contribution in [3.05, 3.63) is 42.1 Å². The number of carboxylic acids is 1. The lowest BCUT2D eigenvalue weighted by Crippen LogP contribution is -2.48. The van der Waals surface area contributed by atoms with Gasteiger partial charge < -0.3 is 19.9 Å². The first kappa shape index (κ1) is 24.5. The van der Waals surface area contributed by atoms with Crippen LogP contribution in [0.5, 0.6) is 0 Å². The molecule has 2 aliphatic rings. The van der Waals surface area contributed by atoms with Crippen molar-refractivity contribution in [2.75, 3.05) is 31.1 Å². The van der Waals surface area contributed by atoms with Crippen LogP contribution in [0.2, 0.25) is 0 Å². The maximum atomic E-state index is 13.0. The smallest absolute Gasteiger partial charge is 0.416 e. The second-order valence-corrected chi connectivity index (χ2v) is 9.85. The van der Waals surface area contributed by atoms with Crippen LogP contribution < -0.4 is 4.90 Å². The molecule has 2 fully saturated rings. The number of hydrogen-bond donors (Lipinski definition) is 2. The summed E-state index contributed by atoms with van der Waals surface area (Å²) in [5, 5.41) is 8.90. The Kier molecular flexibility index (Phi) is 6.87. The lowest BCUT2D eigenvalue weighted by Gasteiger charge is -2.42. The van der Waals surface area contributed by atoms with Gasteiger partial charge in [-0.15, -0.1) is 0 Å². The number of rotatable bonds is 6. The van der Waals surface area contributed by atoms with Gasteiger partial charge in [-0.3, -0.25) is 4.79 Å². The van der Waals surface area contributed by atoms with Crippen molar-refractivity contribution in [2.45, 2.75) is 50.7 Å². The fourth-order valence-corrected chi connectivity index (χ4v) is 5.43. The molecule has 0 aliphatic carbocycles. The summed E-state index contributed by atoms with van der Waals surface area (Å²) in [4.78, 5) is 27.7. The van der Waals surface area contributed by atoms with Crippen molar-refractivity contribution in [1.29, 1.82) is 0 Å². The first-order chi connectivity index (χ1) is 17.3. The molecule has 4 heterocycles. The van der Waals surface area contributed by atoms with Crippen LogP contribution >= 0.6 is 0 Å². The number of piperidine rings is 2. The van der Waals surface area contributed by atoms with E-state index < -0.39 is 17.7 Å². The Balaban J connectivity index is 1.16. The number of halogens is 3. The molecule has 0 radical (unpaired) electrons. The number of pyridine rings is 1. The summed E-state index contributed by atoms with van der Waals surface area (Å²) in [5.74, 6) is 1.20. The van der Waals surface area contributed by atoms with Crippen molar-refractivity contribution >= 4 is 22.8 Å². The number of aromatic amines is 1. The first-order valence-electron chi connectivity index (χ1n) is 12.5. The number of carbonyl (C=O) groups is 1. The number of benzene rings is 1. The number of imidazole rings is 1. The highest BCUT2D eigenvalue weighted by Gasteiger charge is 2.31. The average Bonchev–Trinajstić information content (AvgIpc) is 3.31. The molecule has 0 atom stereocenters. The number of H-pyrrole nitrogens is 1. The Morgan fingerprint density at radius 3 is 2.44 bits per heavy atom. The zero-order valence-electron chi connectivity index (χ0n) is 20.0. The highest BCUT2D eigenvalue weighted by Crippen LogP contribution is 2.32. The summed E-state index contributed by atoms with van der Waals surface area (Å²) >= 11 is 0. The van der Waals surface area contributed by atoms with Crippen LogP contribution in [0, 0.1) is 5.92 Å². The lowest BCUT2D eigenvalue weighted by molar-refractivity contribution is -0.138. The lowest BCUT2D eigenvalue weighted by atomic mass is 9.90. The molecule has 2 saturated heterocycles. The van der Waals surface area contributed by atoms with Crippen molar-refractivity contribution in [3.8, 4) is 11.4 Å². The van der Waals surface area contributed by atoms with Gasteiger partial charge in [0.15, 0.2) is 0 Å². The SMILES string of the molecule is O=C(O)CCC1CCN(C2CCN(c3ccc(-c4nc5ccc(C(F)(F)F)cc5[nH]4)cn3)CC2)CC1. The second-order valence-electron chi connectivity index (χ2n) is 9.85. The molecule has 7 nitrogen and oxygen atoms in total. The number of aromatic nitrogens is 3. The fraction of sp³-hybridized carbons (Fsp3) is 0.500. The molecule has 0 unspecified atom stereocenters. The highest BCUT2D eigenvalue weighted by atomic mass is 19.4. The van der Waals surface area contributed by atoms with E-state index in [4.69, 9.17) is 5.11 Å². The third kappa shape index (κ3) is 5.48. The monoisotopic (exact) mass is 501 g/mol. The van der Waals surface area contributed by atoms with E-state index in [-0.39, 0.29) is 6.42 Å². The van der Waals surface area contributed by atoms with E-state index in [1.165, 1.54) is 6.07 Å². The summed E-state index contributed by atoms with van der Waals surface area (Å²) in [6.07, 6.45) is 2.66. The van der Waals surface area contributed by atoms with Crippen LogP contribution in [-0.4, -0.2) is 63.1 Å². The zero-order valence-corrected chi connectivity index (χ0v) is 20.0. The number of hydrogen-bond acceptors (Lipinski definition) is 5. The largest absolute Gasteiger partial charge is 0.481 e. The van der Waals surface area contributed by atoms with Crippen LogP contribution in [0.1, 0.15) is 44.1 Å². The second kappa shape index (κ2) is 10.1. The highest BCUT2D eigenvalue weighted by molar-refractivity contribution is 5.80. The molecule has 2 aliphatic heterocycles. The van der Waals surface area contributed by atoms with Gasteiger partial charge in [0.1, 0.15) is 11.6 Å². The molecule has 1 aromatic carbocycles. The quantitative estimate of drug-likeness (QED) is 0.484. The minimum absolute atomic E-state index is 0.268. The molecule has 0 bridgehead atoms. The van der Waals surface area contributed by atoms with E-state index >= 15 is 0 Å². The van der Waals surface area contributed by atoms with Crippen molar-refractivity contribution in [2.24, 2.45) is 5.92 Å². The Morgan fingerprint density at radius 1 is 1.06 bits per heavy atom. The number of likely N-dealkylation sites (tertiary alicyclic amines) is 1. The van der Waals surface area contributed by atoms with Crippen LogP contribution in [0.3, 0.4) is 0 Å². The van der Waals surface area contributed by atoms with E-state index in [2.05, 4.69) is 24.8 Å². The Morgan fingerprint density at radius 2 is 1.81 bits per heavy atom. The molecule has 2 N–H and O–H groups in total. The fourth-order valence-electron chi connectivity index (χ4n) is 5.43. The normalized spacial score (nSPS) is 18.7. The minimum atomic E-state index is -4.39. The molecule has 36 heavy (non-hydrogen) atoms. The van der Waals surface area contributed by atoms with Crippen molar-refractivity contribution in [3.63, 3.8) is 0 Å². The predicted octanol–water partition coefficient (Wildman–Crippen LogP) is 5.19. The van der Waals surface area contributed by atoms with Crippen molar-refractivity contribution < 1.29 is 23.1 Å². The van der Waals surface area contributed by atoms with Gasteiger partial charge in [0.05, 0.1) is 16.6 Å². The number of fused-ring (bicyclic) bond motifs is 1. The van der Waals surface area contributed by atoms with E-state index in [0.717, 1.165) is 81.8 Å². The van der Waals surface area contributed by atoms with Crippen LogP contribution in [0.15, 0.2) is 36.5 Å². The Bertz CT molecular complexity index is 1190. The van der Waals surface area contributed by atoms with E-state index in [1.807, 2.05) is 12.1 Å². The molecule has 3 aromatic rings. The molecule has 0 spiro atoms. The molecular weight excluding hydrogens is 471 g/mol. The third-order valence-corrected chi connectivity index (χ3v) is 7.55. The molecule has 0 amide bonds. The number of aliphatic carboxylic acids is 1. The third-order valence-electron chi connectivity index (χ3n) is 7.55. The summed E-state index contributed by atoms with van der Waals surface area (Å²) in [7, 11) is 0. The standard InChI is InChI=1S/C26H30F3N5O2/c27-26(28,29)19-3-4-21-22(15-19)32-25(31-21)18-2-5-23(30-16-18)34-13-9-20(10-14-34)33-11-7-17(8-12-33)1-6-24(35)36/h2-5,15-17,20H,1,6-14H2,(H,31,32)(H,35,36). The number of nitrogens with zero attached hydrogens (tertiary/aromatic N) is 4. The van der Waals surface area contributed by atoms with Crippen LogP contribution in [0.4, 0.5) is 19.0 Å². The summed E-state index contributed by atoms with van der Waals surface area (Å²) in [6.45, 7) is 3.93. The Hall–Kier alpha value is -3.14. The zero-order chi connectivity index (χ0) is 25.3. The number of carboxylic acid groups (broad SMARTS) is 1. The first-order valence-corrected chi connectivity index (χ1v) is 12.5. The van der Waals surface area contributed by atoms with Gasteiger partial charge in [0.25, 0.3) is 0 Å². The van der Waals surface area contributed by atoms with Crippen molar-refractivity contribution in [1.82, 2.24) is 19.9 Å². The predicted molar refractivity (Wildman–Crippen MR) is 131 cm³/mol. The van der Waals surface area contributed by atoms with E-state index in [1.54, 1.807) is 6.20 Å². The summed E-state index contributed by atoms with van der Waals surface area (Å²) in [5.41, 5.74) is 0.848. The van der Waals surface area contributed by atoms with Gasteiger partial charge in [-0.2, -0.15) is 13.2 Å². The molecule has 0 saturated carbocycles. The van der Waals surface area contributed by atoms with Gasteiger partial charge in [-0.25, -0.2) is 9.97 Å². The number of alkyl halides is 3. The average molecular weight is 502 g/mol. The van der Waals surface area contributed by atoms with E-state index in [9.17, 15) is 18.0 Å². The number of nitrogens with one attached hydrogen (secondary N) is 1. The number of anilines is 1. The topological polar surface area (TPSA) is 85.4 Å². The summed E-state index contributed by atoms with van der Waals surface area (Å²) in [6, 6.07) is 7.90. The summed E-state index contributed by atoms with van der Waals surface area (Å²) < 4.78 is 39.0. The molecular formula is C26H30F3N5O2. The van der Waals surface area contributed by atoms with Crippen LogP contribution in [0.25, 0.3) is 22.4 Å². The molecule has 192 valence electrons. The maximum absolute atomic E-state index is 13.0. The van der Waals surface area contributed by atoms with Gasteiger partial charge in [-0.1, -0.05) is 0 Å². The van der Waals surface area contributed by atoms with Gasteiger partial charge in [0, 0.05) is 37.3 Å². The minimum Gasteiger partial charge on any atom is -0.481 e. The van der Waals surface area contributed by atoms with E-state index in [0.29, 0.717) is 28.8 Å².